The van der Waals surface area contributed by atoms with Crippen LogP contribution < -0.4 is 0 Å². The van der Waals surface area contributed by atoms with Gasteiger partial charge >= 0.3 is 0 Å². The van der Waals surface area contributed by atoms with Gasteiger partial charge in [-0.05, 0) is 35.6 Å². The van der Waals surface area contributed by atoms with Gasteiger partial charge in [0.1, 0.15) is 5.82 Å². The van der Waals surface area contributed by atoms with E-state index in [2.05, 4.69) is 30.9 Å². The second-order valence-electron chi connectivity index (χ2n) is 7.91. The van der Waals surface area contributed by atoms with E-state index < -0.39 is 5.60 Å². The molecule has 3 rings (SSSR count). The Morgan fingerprint density at radius 2 is 1.67 bits per heavy atom. The maximum absolute atomic E-state index is 13.5. The van der Waals surface area contributed by atoms with Crippen molar-refractivity contribution in [2.75, 3.05) is 32.8 Å². The third-order valence-corrected chi connectivity index (χ3v) is 5.39. The first kappa shape index (κ1) is 20.0. The SMILES string of the molecule is CC(C)C[C@](O)(c1ccc(F)cc1)[C@@H](CN1CCOCC1)c1ccccc1. The molecule has 2 atom stereocenters. The van der Waals surface area contributed by atoms with Crippen LogP contribution in [0.15, 0.2) is 54.6 Å². The van der Waals surface area contributed by atoms with Gasteiger partial charge in [-0.2, -0.15) is 0 Å². The third-order valence-electron chi connectivity index (χ3n) is 5.39. The topological polar surface area (TPSA) is 32.7 Å². The Morgan fingerprint density at radius 1 is 1.04 bits per heavy atom. The molecule has 1 fully saturated rings. The first-order valence-corrected chi connectivity index (χ1v) is 9.82. The standard InChI is InChI=1S/C23H30FNO2/c1-18(2)16-23(26,20-8-10-21(24)11-9-20)22(19-6-4-3-5-7-19)17-25-12-14-27-15-13-25/h3-11,18,22,26H,12-17H2,1-2H3/t22-,23-/m0/s1. The highest BCUT2D eigenvalue weighted by Crippen LogP contribution is 2.42. The van der Waals surface area contributed by atoms with Crippen molar-refractivity contribution in [3.05, 3.63) is 71.5 Å². The van der Waals surface area contributed by atoms with E-state index in [1.54, 1.807) is 12.1 Å². The lowest BCUT2D eigenvalue weighted by Crippen LogP contribution is -2.45. The van der Waals surface area contributed by atoms with E-state index in [0.717, 1.165) is 44.0 Å². The van der Waals surface area contributed by atoms with Crippen LogP contribution >= 0.6 is 0 Å². The Kier molecular flexibility index (Phi) is 6.64. The molecule has 4 heteroatoms. The first-order valence-electron chi connectivity index (χ1n) is 9.82. The molecule has 0 unspecified atom stereocenters. The molecule has 1 heterocycles. The van der Waals surface area contributed by atoms with E-state index in [4.69, 9.17) is 4.74 Å². The quantitative estimate of drug-likeness (QED) is 0.793. The fraction of sp³-hybridized carbons (Fsp3) is 0.478. The van der Waals surface area contributed by atoms with E-state index in [1.807, 2.05) is 18.2 Å². The van der Waals surface area contributed by atoms with Crippen molar-refractivity contribution in [1.29, 1.82) is 0 Å². The molecule has 0 amide bonds. The molecule has 27 heavy (non-hydrogen) atoms. The largest absolute Gasteiger partial charge is 0.384 e. The Balaban J connectivity index is 2.01. The summed E-state index contributed by atoms with van der Waals surface area (Å²) in [5, 5.41) is 12.0. The van der Waals surface area contributed by atoms with Gasteiger partial charge < -0.3 is 9.84 Å². The third kappa shape index (κ3) is 4.95. The normalized spacial score (nSPS) is 19.0. The van der Waals surface area contributed by atoms with E-state index in [9.17, 15) is 9.50 Å². The molecular formula is C23H30FNO2. The number of ether oxygens (including phenoxy) is 1. The minimum absolute atomic E-state index is 0.107. The molecule has 1 aliphatic heterocycles. The number of hydrogen-bond acceptors (Lipinski definition) is 3. The van der Waals surface area contributed by atoms with Crippen LogP contribution in [0, 0.1) is 11.7 Å². The number of aliphatic hydroxyl groups is 1. The van der Waals surface area contributed by atoms with Crippen molar-refractivity contribution in [2.24, 2.45) is 5.92 Å². The lowest BCUT2D eigenvalue weighted by atomic mass is 9.72. The molecule has 0 spiro atoms. The summed E-state index contributed by atoms with van der Waals surface area (Å²) >= 11 is 0. The number of morpholine rings is 1. The van der Waals surface area contributed by atoms with Crippen molar-refractivity contribution < 1.29 is 14.2 Å². The molecule has 146 valence electrons. The lowest BCUT2D eigenvalue weighted by molar-refractivity contribution is -0.0356. The summed E-state index contributed by atoms with van der Waals surface area (Å²) in [5.74, 6) is -0.0873. The van der Waals surface area contributed by atoms with E-state index >= 15 is 0 Å². The van der Waals surface area contributed by atoms with Crippen LogP contribution in [-0.2, 0) is 10.3 Å². The molecular weight excluding hydrogens is 341 g/mol. The predicted molar refractivity (Wildman–Crippen MR) is 106 cm³/mol. The van der Waals surface area contributed by atoms with Gasteiger partial charge in [-0.25, -0.2) is 4.39 Å². The van der Waals surface area contributed by atoms with Gasteiger partial charge in [0.15, 0.2) is 0 Å². The van der Waals surface area contributed by atoms with Gasteiger partial charge in [-0.15, -0.1) is 0 Å². The molecule has 3 nitrogen and oxygen atoms in total. The molecule has 1 saturated heterocycles. The van der Waals surface area contributed by atoms with Crippen molar-refractivity contribution in [3.8, 4) is 0 Å². The summed E-state index contributed by atoms with van der Waals surface area (Å²) in [5.41, 5.74) is 0.817. The molecule has 2 aromatic carbocycles. The highest BCUT2D eigenvalue weighted by molar-refractivity contribution is 5.32. The Morgan fingerprint density at radius 3 is 2.26 bits per heavy atom. The van der Waals surface area contributed by atoms with Gasteiger partial charge in [-0.1, -0.05) is 56.3 Å². The van der Waals surface area contributed by atoms with E-state index in [1.165, 1.54) is 12.1 Å². The summed E-state index contributed by atoms with van der Waals surface area (Å²) in [4.78, 5) is 2.36. The highest BCUT2D eigenvalue weighted by atomic mass is 19.1. The molecule has 0 bridgehead atoms. The second-order valence-corrected chi connectivity index (χ2v) is 7.91. The van der Waals surface area contributed by atoms with Crippen LogP contribution in [0.2, 0.25) is 0 Å². The molecule has 0 aromatic heterocycles. The van der Waals surface area contributed by atoms with E-state index in [-0.39, 0.29) is 11.7 Å². The van der Waals surface area contributed by atoms with Gasteiger partial charge in [0.05, 0.1) is 18.8 Å². The highest BCUT2D eigenvalue weighted by Gasteiger charge is 2.41. The van der Waals surface area contributed by atoms with Crippen LogP contribution in [0.25, 0.3) is 0 Å². The van der Waals surface area contributed by atoms with Crippen molar-refractivity contribution in [3.63, 3.8) is 0 Å². The molecule has 1 N–H and O–H groups in total. The zero-order valence-electron chi connectivity index (χ0n) is 16.3. The zero-order valence-corrected chi connectivity index (χ0v) is 16.3. The predicted octanol–water partition coefficient (Wildman–Crippen LogP) is 4.18. The maximum Gasteiger partial charge on any atom is 0.123 e. The Bertz CT molecular complexity index is 698. The summed E-state index contributed by atoms with van der Waals surface area (Å²) in [6.07, 6.45) is 0.614. The Hall–Kier alpha value is -1.75. The van der Waals surface area contributed by atoms with Gasteiger partial charge in [0.25, 0.3) is 0 Å². The van der Waals surface area contributed by atoms with Gasteiger partial charge in [0, 0.05) is 25.6 Å². The fourth-order valence-electron chi connectivity index (χ4n) is 4.08. The van der Waals surface area contributed by atoms with E-state index in [0.29, 0.717) is 12.3 Å². The second kappa shape index (κ2) is 8.96. The zero-order chi connectivity index (χ0) is 19.3. The molecule has 1 aliphatic rings. The monoisotopic (exact) mass is 371 g/mol. The lowest BCUT2D eigenvalue weighted by Gasteiger charge is -2.41. The number of benzene rings is 2. The smallest absolute Gasteiger partial charge is 0.123 e. The summed E-state index contributed by atoms with van der Waals surface area (Å²) in [6, 6.07) is 16.5. The average Bonchev–Trinajstić information content (AvgIpc) is 2.67. The molecule has 0 saturated carbocycles. The van der Waals surface area contributed by atoms with Gasteiger partial charge in [0.2, 0.25) is 0 Å². The van der Waals surface area contributed by atoms with Crippen LogP contribution in [0.3, 0.4) is 0 Å². The van der Waals surface area contributed by atoms with Crippen LogP contribution in [-0.4, -0.2) is 42.9 Å². The number of hydrogen-bond donors (Lipinski definition) is 1. The van der Waals surface area contributed by atoms with Crippen LogP contribution in [0.1, 0.15) is 37.3 Å². The number of nitrogens with zero attached hydrogens (tertiary/aromatic N) is 1. The molecule has 0 radical (unpaired) electrons. The average molecular weight is 371 g/mol. The molecule has 0 aliphatic carbocycles. The molecule has 2 aromatic rings. The fourth-order valence-corrected chi connectivity index (χ4v) is 4.08. The number of halogens is 1. The summed E-state index contributed by atoms with van der Waals surface area (Å²) in [6.45, 7) is 8.15. The minimum Gasteiger partial charge on any atom is -0.384 e. The summed E-state index contributed by atoms with van der Waals surface area (Å²) in [7, 11) is 0. The van der Waals surface area contributed by atoms with Crippen molar-refractivity contribution in [1.82, 2.24) is 4.90 Å². The summed E-state index contributed by atoms with van der Waals surface area (Å²) < 4.78 is 19.0. The van der Waals surface area contributed by atoms with Crippen LogP contribution in [0.5, 0.6) is 0 Å². The van der Waals surface area contributed by atoms with Crippen LogP contribution in [0.4, 0.5) is 4.39 Å². The van der Waals surface area contributed by atoms with Crippen molar-refractivity contribution in [2.45, 2.75) is 31.8 Å². The maximum atomic E-state index is 13.5. The van der Waals surface area contributed by atoms with Crippen molar-refractivity contribution >= 4 is 0 Å². The Labute approximate surface area is 161 Å². The number of rotatable bonds is 7. The minimum atomic E-state index is -1.07. The van der Waals surface area contributed by atoms with Gasteiger partial charge in [-0.3, -0.25) is 4.90 Å². The first-order chi connectivity index (χ1) is 13.0.